The molecule has 5 atom stereocenters. The van der Waals surface area contributed by atoms with E-state index < -0.39 is 37.5 Å². The highest BCUT2D eigenvalue weighted by atomic mass is 31.2. The normalized spacial score (nSPS) is 37.2. The first-order valence-electron chi connectivity index (χ1n) is 8.59. The molecule has 0 bridgehead atoms. The van der Waals surface area contributed by atoms with Gasteiger partial charge in [0.1, 0.15) is 12.2 Å². The number of aromatic nitrogens is 4. The highest BCUT2D eigenvalue weighted by Crippen LogP contribution is 2.65. The van der Waals surface area contributed by atoms with Crippen LogP contribution in [-0.4, -0.2) is 63.9 Å². The van der Waals surface area contributed by atoms with Crippen LogP contribution in [0.15, 0.2) is 6.33 Å². The van der Waals surface area contributed by atoms with Crippen molar-refractivity contribution in [3.63, 3.8) is 0 Å². The first-order valence-corrected chi connectivity index (χ1v) is 10.1. The minimum atomic E-state index is -4.92. The molecule has 0 aromatic carbocycles. The van der Waals surface area contributed by atoms with E-state index in [1.807, 2.05) is 0 Å². The topological polar surface area (TPSA) is 178 Å². The van der Waals surface area contributed by atoms with Gasteiger partial charge >= 0.3 is 7.82 Å². The largest absolute Gasteiger partial charge is 0.470 e. The predicted molar refractivity (Wildman–Crippen MR) is 91.7 cm³/mol. The van der Waals surface area contributed by atoms with Crippen molar-refractivity contribution in [1.29, 1.82) is 0 Å². The Morgan fingerprint density at radius 3 is 2.75 bits per heavy atom. The lowest BCUT2D eigenvalue weighted by molar-refractivity contribution is -0.112. The molecule has 14 heteroatoms. The average molecular weight is 416 g/mol. The molecule has 0 amide bonds. The molecule has 3 aliphatic rings. The molecule has 3 heterocycles. The lowest BCUT2D eigenvalue weighted by Crippen LogP contribution is -2.45. The van der Waals surface area contributed by atoms with Crippen molar-refractivity contribution in [2.24, 2.45) is 0 Å². The minimum absolute atomic E-state index is 0.0393. The number of fused-ring (bicyclic) bond motifs is 2. The monoisotopic (exact) mass is 416 g/mol. The van der Waals surface area contributed by atoms with Gasteiger partial charge in [-0.2, -0.15) is 9.97 Å². The van der Waals surface area contributed by atoms with Gasteiger partial charge in [0.05, 0.1) is 6.33 Å². The molecule has 5 rings (SSSR count). The van der Waals surface area contributed by atoms with Gasteiger partial charge in [-0.05, 0) is 19.8 Å². The van der Waals surface area contributed by atoms with Crippen molar-refractivity contribution in [2.75, 3.05) is 11.1 Å². The number of nitrogens with one attached hydrogen (secondary N) is 1. The van der Waals surface area contributed by atoms with Crippen LogP contribution in [0, 0.1) is 0 Å². The summed E-state index contributed by atoms with van der Waals surface area (Å²) in [5, 5.41) is 13.8. The Kier molecular flexibility index (Phi) is 3.49. The highest BCUT2D eigenvalue weighted by Gasteiger charge is 2.85. The summed E-state index contributed by atoms with van der Waals surface area (Å²) in [5.41, 5.74) is 1.69. The fourth-order valence-electron chi connectivity index (χ4n) is 3.75. The molecule has 28 heavy (non-hydrogen) atoms. The molecular weight excluding hydrogens is 398 g/mol. The SMILES string of the molecule is C[C@]1(F)[C@H](n2cnc3c(NC4CC4)nc(N)nc32)O[C@@H]2C(OP(=O)(O)O)[C@@]21O. The van der Waals surface area contributed by atoms with Gasteiger partial charge in [-0.1, -0.05) is 0 Å². The Hall–Kier alpha value is -1.89. The van der Waals surface area contributed by atoms with Gasteiger partial charge in [0.25, 0.3) is 0 Å². The van der Waals surface area contributed by atoms with E-state index in [4.69, 9.17) is 20.3 Å². The Labute approximate surface area is 157 Å². The molecular formula is C14H18FN6O6P. The Morgan fingerprint density at radius 1 is 1.46 bits per heavy atom. The zero-order valence-corrected chi connectivity index (χ0v) is 15.5. The Bertz CT molecular complexity index is 1020. The van der Waals surface area contributed by atoms with Crippen LogP contribution in [0.2, 0.25) is 0 Å². The lowest BCUT2D eigenvalue weighted by atomic mass is 9.97. The van der Waals surface area contributed by atoms with Crippen molar-refractivity contribution in [2.45, 2.75) is 55.5 Å². The fraction of sp³-hybridized carbons (Fsp3) is 0.643. The van der Waals surface area contributed by atoms with Crippen LogP contribution >= 0.6 is 7.82 Å². The standard InChI is InChI=1S/C14H18FN6O6P/c1-13(15)11(26-7-8(14(7,13)22)27-28(23,24)25)21-4-17-6-9(18-5-2-3-5)19-12(16)20-10(6)21/h4-5,7-8,11,22H,2-3H2,1H3,(H2,23,24,25)(H3,16,18,19,20)/t7-,8?,11-,13+,14+/m1/s1. The molecule has 2 aromatic rings. The molecule has 1 unspecified atom stereocenters. The van der Waals surface area contributed by atoms with Gasteiger partial charge in [-0.15, -0.1) is 0 Å². The summed E-state index contributed by atoms with van der Waals surface area (Å²) in [5.74, 6) is 0.386. The molecule has 6 N–H and O–H groups in total. The predicted octanol–water partition coefficient (Wildman–Crippen LogP) is -0.169. The number of rotatable bonds is 5. The van der Waals surface area contributed by atoms with Crippen LogP contribution in [0.3, 0.4) is 0 Å². The number of hydrogen-bond donors (Lipinski definition) is 5. The molecule has 152 valence electrons. The molecule has 2 aliphatic carbocycles. The molecule has 0 spiro atoms. The molecule has 2 aromatic heterocycles. The van der Waals surface area contributed by atoms with Gasteiger partial charge in [0.2, 0.25) is 5.95 Å². The molecule has 3 fully saturated rings. The second-order valence-electron chi connectivity index (χ2n) is 7.50. The van der Waals surface area contributed by atoms with E-state index in [0.29, 0.717) is 11.3 Å². The van der Waals surface area contributed by atoms with Crippen LogP contribution in [-0.2, 0) is 13.8 Å². The number of ether oxygens (including phenoxy) is 1. The van der Waals surface area contributed by atoms with E-state index >= 15 is 4.39 Å². The number of hydrogen-bond acceptors (Lipinski definition) is 9. The van der Waals surface area contributed by atoms with Gasteiger partial charge in [0.15, 0.2) is 34.5 Å². The third kappa shape index (κ3) is 2.48. The maximum Gasteiger partial charge on any atom is 0.470 e. The maximum atomic E-state index is 15.6. The molecule has 12 nitrogen and oxygen atoms in total. The van der Waals surface area contributed by atoms with Crippen LogP contribution in [0.25, 0.3) is 11.2 Å². The van der Waals surface area contributed by atoms with E-state index in [0.717, 1.165) is 19.8 Å². The summed E-state index contributed by atoms with van der Waals surface area (Å²) < 4.78 is 37.9. The van der Waals surface area contributed by atoms with E-state index in [1.165, 1.54) is 10.9 Å². The van der Waals surface area contributed by atoms with Crippen molar-refractivity contribution in [1.82, 2.24) is 19.5 Å². The summed E-state index contributed by atoms with van der Waals surface area (Å²) in [6.07, 6.45) is -0.799. The van der Waals surface area contributed by atoms with Gasteiger partial charge in [-0.3, -0.25) is 9.09 Å². The fourth-order valence-corrected chi connectivity index (χ4v) is 4.31. The number of aliphatic hydroxyl groups is 1. The highest BCUT2D eigenvalue weighted by molar-refractivity contribution is 7.46. The summed E-state index contributed by atoms with van der Waals surface area (Å²) in [7, 11) is -4.92. The second-order valence-corrected chi connectivity index (χ2v) is 8.69. The number of alkyl halides is 1. The summed E-state index contributed by atoms with van der Waals surface area (Å²) in [6.45, 7) is 1.07. The maximum absolute atomic E-state index is 15.6. The molecule has 1 aliphatic heterocycles. The lowest BCUT2D eigenvalue weighted by Gasteiger charge is -2.30. The first kappa shape index (κ1) is 18.2. The number of anilines is 2. The Balaban J connectivity index is 1.50. The number of halogens is 1. The van der Waals surface area contributed by atoms with Crippen molar-refractivity contribution >= 4 is 30.8 Å². The third-order valence-corrected chi connectivity index (χ3v) is 5.92. The van der Waals surface area contributed by atoms with Gasteiger partial charge in [-0.25, -0.2) is 13.9 Å². The van der Waals surface area contributed by atoms with Crippen molar-refractivity contribution in [3.05, 3.63) is 6.33 Å². The van der Waals surface area contributed by atoms with Crippen LogP contribution in [0.1, 0.15) is 26.0 Å². The zero-order chi connectivity index (χ0) is 20.1. The Morgan fingerprint density at radius 2 is 2.18 bits per heavy atom. The van der Waals surface area contributed by atoms with E-state index in [2.05, 4.69) is 24.8 Å². The van der Waals surface area contributed by atoms with E-state index in [-0.39, 0.29) is 17.6 Å². The zero-order valence-electron chi connectivity index (χ0n) is 14.6. The minimum Gasteiger partial charge on any atom is -0.381 e. The van der Waals surface area contributed by atoms with Gasteiger partial charge < -0.3 is 30.7 Å². The number of nitrogens with zero attached hydrogens (tertiary/aromatic N) is 4. The first-order chi connectivity index (χ1) is 13.0. The smallest absolute Gasteiger partial charge is 0.381 e. The number of imidazole rings is 1. The molecule has 0 radical (unpaired) electrons. The quantitative estimate of drug-likeness (QED) is 0.409. The molecule has 2 saturated carbocycles. The summed E-state index contributed by atoms with van der Waals surface area (Å²) in [6, 6.07) is 0.274. The number of phosphoric acid groups is 1. The van der Waals surface area contributed by atoms with Crippen LogP contribution in [0.5, 0.6) is 0 Å². The number of phosphoric ester groups is 1. The van der Waals surface area contributed by atoms with Crippen molar-refractivity contribution in [3.8, 4) is 0 Å². The number of nitrogen functional groups attached to an aromatic ring is 1. The van der Waals surface area contributed by atoms with Crippen LogP contribution < -0.4 is 11.1 Å². The van der Waals surface area contributed by atoms with Gasteiger partial charge in [0, 0.05) is 6.04 Å². The van der Waals surface area contributed by atoms with E-state index in [1.54, 1.807) is 0 Å². The molecule has 1 saturated heterocycles. The average Bonchev–Trinajstić information content (AvgIpc) is 3.40. The number of nitrogens with two attached hydrogens (primary N) is 1. The third-order valence-electron chi connectivity index (χ3n) is 5.42. The summed E-state index contributed by atoms with van der Waals surface area (Å²) in [4.78, 5) is 30.4. The van der Waals surface area contributed by atoms with Crippen molar-refractivity contribution < 1.29 is 33.1 Å². The van der Waals surface area contributed by atoms with Crippen LogP contribution in [0.4, 0.5) is 16.2 Å². The second kappa shape index (κ2) is 5.38. The summed E-state index contributed by atoms with van der Waals surface area (Å²) >= 11 is 0. The van der Waals surface area contributed by atoms with E-state index in [9.17, 15) is 9.67 Å².